The van der Waals surface area contributed by atoms with E-state index in [1.54, 1.807) is 0 Å². The smallest absolute Gasteiger partial charge is 0.143 e. The molecule has 0 aliphatic rings. The van der Waals surface area contributed by atoms with Crippen molar-refractivity contribution in [2.24, 2.45) is 0 Å². The molecule has 0 unspecified atom stereocenters. The third kappa shape index (κ3) is 7.12. The van der Waals surface area contributed by atoms with E-state index < -0.39 is 0 Å². The third-order valence-corrected chi connectivity index (χ3v) is 12.9. The molecule has 0 amide bonds. The fourth-order valence-electron chi connectivity index (χ4n) is 9.70. The van der Waals surface area contributed by atoms with Crippen molar-refractivity contribution < 1.29 is 4.42 Å². The fraction of sp³-hybridized carbons (Fsp3) is 0. The summed E-state index contributed by atoms with van der Waals surface area (Å²) >= 11 is 0. The highest BCUT2D eigenvalue weighted by molar-refractivity contribution is 6.10. The van der Waals surface area contributed by atoms with Gasteiger partial charge in [-0.3, -0.25) is 0 Å². The Labute approximate surface area is 384 Å². The molecule has 11 aromatic carbocycles. The van der Waals surface area contributed by atoms with Crippen LogP contribution in [-0.4, -0.2) is 0 Å². The van der Waals surface area contributed by atoms with Crippen molar-refractivity contribution in [3.8, 4) is 66.8 Å². The summed E-state index contributed by atoms with van der Waals surface area (Å²) in [6.45, 7) is 0. The molecule has 2 heteroatoms. The molecule has 0 atom stereocenters. The highest BCUT2D eigenvalue weighted by atomic mass is 16.3. The molecular formula is C64H43NO. The van der Waals surface area contributed by atoms with Crippen molar-refractivity contribution in [3.05, 3.63) is 261 Å². The van der Waals surface area contributed by atoms with Gasteiger partial charge in [-0.25, -0.2) is 0 Å². The molecule has 12 aromatic rings. The molecule has 0 aliphatic heterocycles. The lowest BCUT2D eigenvalue weighted by molar-refractivity contribution is 0.670. The van der Waals surface area contributed by atoms with Gasteiger partial charge in [0.25, 0.3) is 0 Å². The number of nitrogens with zero attached hydrogens (tertiary/aromatic N) is 1. The number of furan rings is 1. The van der Waals surface area contributed by atoms with Crippen LogP contribution in [0.25, 0.3) is 99.5 Å². The summed E-state index contributed by atoms with van der Waals surface area (Å²) < 4.78 is 6.60. The van der Waals surface area contributed by atoms with Gasteiger partial charge in [0.1, 0.15) is 11.2 Å². The molecule has 0 N–H and O–H groups in total. The van der Waals surface area contributed by atoms with Crippen molar-refractivity contribution in [3.63, 3.8) is 0 Å². The van der Waals surface area contributed by atoms with Crippen LogP contribution in [0.4, 0.5) is 17.1 Å². The van der Waals surface area contributed by atoms with Crippen LogP contribution >= 0.6 is 0 Å². The number of benzene rings is 11. The van der Waals surface area contributed by atoms with E-state index in [0.717, 1.165) is 72.4 Å². The maximum atomic E-state index is 6.60. The maximum Gasteiger partial charge on any atom is 0.143 e. The minimum atomic E-state index is 0.889. The van der Waals surface area contributed by atoms with Crippen LogP contribution in [-0.2, 0) is 0 Å². The van der Waals surface area contributed by atoms with E-state index in [0.29, 0.717) is 0 Å². The van der Waals surface area contributed by atoms with E-state index in [-0.39, 0.29) is 0 Å². The average Bonchev–Trinajstić information content (AvgIpc) is 3.78. The van der Waals surface area contributed by atoms with E-state index in [9.17, 15) is 0 Å². The zero-order valence-corrected chi connectivity index (χ0v) is 36.2. The largest absolute Gasteiger partial charge is 0.455 e. The first-order valence-corrected chi connectivity index (χ1v) is 22.6. The summed E-state index contributed by atoms with van der Waals surface area (Å²) in [5.41, 5.74) is 18.7. The summed E-state index contributed by atoms with van der Waals surface area (Å²) in [6, 6.07) is 94.0. The van der Waals surface area contributed by atoms with Crippen LogP contribution in [0.5, 0.6) is 0 Å². The molecule has 0 saturated carbocycles. The predicted octanol–water partition coefficient (Wildman–Crippen LogP) is 18.2. The minimum absolute atomic E-state index is 0.889. The SMILES string of the molecule is c1ccc(-c2ccc(-c3ccccc3)c(-c3ccccc3-c3ccccc3N(c3cccc(-c4ccc5ccccc5c4)c3)c3cccc(-c4cccc5c4oc4ccccc45)c3)c2)cc1. The quantitative estimate of drug-likeness (QED) is 0.144. The summed E-state index contributed by atoms with van der Waals surface area (Å²) in [7, 11) is 0. The monoisotopic (exact) mass is 841 g/mol. The Morgan fingerprint density at radius 3 is 1.59 bits per heavy atom. The van der Waals surface area contributed by atoms with Crippen LogP contribution in [0.3, 0.4) is 0 Å². The normalized spacial score (nSPS) is 11.3. The van der Waals surface area contributed by atoms with Crippen LogP contribution in [0, 0.1) is 0 Å². The summed E-state index contributed by atoms with van der Waals surface area (Å²) in [5.74, 6) is 0. The standard InChI is InChI=1S/C64H43NO/c1-3-18-44(19-4-1)50-38-39-54(46-21-5-2-6-22-46)61(43-50)57-29-10-9-28-56(57)58-30-11-13-34-62(58)65(52-26-15-24-48(41-52)49-37-36-45-20-7-8-23-47(45)40-49)53-27-16-25-51(42-53)55-32-17-33-60-59-31-12-14-35-63(59)66-64(55)60/h1-43H. The molecule has 0 spiro atoms. The Morgan fingerprint density at radius 1 is 0.258 bits per heavy atom. The van der Waals surface area contributed by atoms with Crippen molar-refractivity contribution in [1.82, 2.24) is 0 Å². The Morgan fingerprint density at radius 2 is 0.788 bits per heavy atom. The second-order valence-electron chi connectivity index (χ2n) is 16.8. The number of anilines is 3. The highest BCUT2D eigenvalue weighted by Gasteiger charge is 2.22. The Hall–Kier alpha value is -8.72. The van der Waals surface area contributed by atoms with Crippen molar-refractivity contribution >= 4 is 49.8 Å². The van der Waals surface area contributed by atoms with E-state index in [1.165, 1.54) is 44.2 Å². The number of hydrogen-bond donors (Lipinski definition) is 0. The second kappa shape index (κ2) is 16.8. The molecule has 2 nitrogen and oxygen atoms in total. The van der Waals surface area contributed by atoms with Crippen LogP contribution < -0.4 is 4.90 Å². The molecule has 310 valence electrons. The first kappa shape index (κ1) is 38.9. The molecule has 66 heavy (non-hydrogen) atoms. The van der Waals surface area contributed by atoms with E-state index in [1.807, 2.05) is 6.07 Å². The maximum absolute atomic E-state index is 6.60. The lowest BCUT2D eigenvalue weighted by Gasteiger charge is -2.29. The molecule has 0 radical (unpaired) electrons. The van der Waals surface area contributed by atoms with E-state index in [2.05, 4.69) is 260 Å². The van der Waals surface area contributed by atoms with Gasteiger partial charge < -0.3 is 9.32 Å². The Balaban J connectivity index is 1.07. The number of rotatable bonds is 9. The third-order valence-electron chi connectivity index (χ3n) is 12.9. The van der Waals surface area contributed by atoms with Gasteiger partial charge in [0.05, 0.1) is 5.69 Å². The van der Waals surface area contributed by atoms with Gasteiger partial charge in [0.2, 0.25) is 0 Å². The summed E-state index contributed by atoms with van der Waals surface area (Å²) in [6.07, 6.45) is 0. The highest BCUT2D eigenvalue weighted by Crippen LogP contribution is 2.47. The summed E-state index contributed by atoms with van der Waals surface area (Å²) in [5, 5.41) is 4.68. The van der Waals surface area contributed by atoms with Crippen LogP contribution in [0.15, 0.2) is 265 Å². The van der Waals surface area contributed by atoms with E-state index in [4.69, 9.17) is 4.42 Å². The van der Waals surface area contributed by atoms with Gasteiger partial charge in [0, 0.05) is 33.3 Å². The zero-order valence-electron chi connectivity index (χ0n) is 36.2. The predicted molar refractivity (Wildman–Crippen MR) is 279 cm³/mol. The topological polar surface area (TPSA) is 16.4 Å². The molecular weight excluding hydrogens is 799 g/mol. The first-order chi connectivity index (χ1) is 32.7. The molecule has 0 fully saturated rings. The van der Waals surface area contributed by atoms with Crippen molar-refractivity contribution in [2.45, 2.75) is 0 Å². The molecule has 12 rings (SSSR count). The lowest BCUT2D eigenvalue weighted by atomic mass is 9.87. The molecule has 1 heterocycles. The number of hydrogen-bond acceptors (Lipinski definition) is 2. The average molecular weight is 842 g/mol. The molecule has 0 saturated heterocycles. The van der Waals surface area contributed by atoms with Gasteiger partial charge in [-0.2, -0.15) is 0 Å². The molecule has 0 aliphatic carbocycles. The fourth-order valence-corrected chi connectivity index (χ4v) is 9.70. The van der Waals surface area contributed by atoms with Gasteiger partial charge in [-0.15, -0.1) is 0 Å². The minimum Gasteiger partial charge on any atom is -0.455 e. The Bertz CT molecular complexity index is 3720. The van der Waals surface area contributed by atoms with Gasteiger partial charge in [0.15, 0.2) is 0 Å². The van der Waals surface area contributed by atoms with E-state index >= 15 is 0 Å². The first-order valence-electron chi connectivity index (χ1n) is 22.6. The van der Waals surface area contributed by atoms with Gasteiger partial charge >= 0.3 is 0 Å². The number of fused-ring (bicyclic) bond motifs is 4. The molecule has 0 bridgehead atoms. The van der Waals surface area contributed by atoms with Crippen molar-refractivity contribution in [2.75, 3.05) is 4.90 Å². The lowest BCUT2D eigenvalue weighted by Crippen LogP contribution is -2.11. The van der Waals surface area contributed by atoms with Gasteiger partial charge in [-0.05, 0) is 115 Å². The van der Waals surface area contributed by atoms with Crippen molar-refractivity contribution in [1.29, 1.82) is 0 Å². The van der Waals surface area contributed by atoms with Crippen LogP contribution in [0.1, 0.15) is 0 Å². The molecule has 1 aromatic heterocycles. The zero-order chi connectivity index (χ0) is 43.8. The summed E-state index contributed by atoms with van der Waals surface area (Å²) in [4.78, 5) is 2.43. The number of para-hydroxylation sites is 3. The van der Waals surface area contributed by atoms with Gasteiger partial charge in [-0.1, -0.05) is 212 Å². The Kier molecular flexibility index (Phi) is 9.89. The van der Waals surface area contributed by atoms with Crippen LogP contribution in [0.2, 0.25) is 0 Å². The second-order valence-corrected chi connectivity index (χ2v) is 16.8.